The highest BCUT2D eigenvalue weighted by molar-refractivity contribution is 6.23. The maximum Gasteiger partial charge on any atom is 0.282 e. The standard InChI is InChI=1S/C8H3N5O/c9-1-4(2-10)6-5(3-11)7(12)13-8(6)14/h9H,(H2,12,13,14). The minimum Gasteiger partial charge on any atom is -0.382 e. The molecule has 0 unspecified atom stereocenters. The van der Waals surface area contributed by atoms with Crippen LogP contribution < -0.4 is 5.73 Å². The van der Waals surface area contributed by atoms with Gasteiger partial charge in [0.15, 0.2) is 0 Å². The van der Waals surface area contributed by atoms with E-state index in [2.05, 4.69) is 4.99 Å². The summed E-state index contributed by atoms with van der Waals surface area (Å²) >= 11 is 0. The van der Waals surface area contributed by atoms with Crippen LogP contribution in [0.15, 0.2) is 21.7 Å². The normalized spacial score (nSPS) is 14.1. The Morgan fingerprint density at radius 1 is 1.50 bits per heavy atom. The average molecular weight is 185 g/mol. The number of carbonyl (C=O) groups excluding carboxylic acids is 1. The van der Waals surface area contributed by atoms with E-state index in [0.717, 1.165) is 0 Å². The Morgan fingerprint density at radius 2 is 2.14 bits per heavy atom. The minimum absolute atomic E-state index is 0.175. The highest BCUT2D eigenvalue weighted by Crippen LogP contribution is 2.19. The number of carbonyl (C=O) groups is 1. The van der Waals surface area contributed by atoms with Gasteiger partial charge in [-0.15, -0.1) is 0 Å². The van der Waals surface area contributed by atoms with Crippen LogP contribution in [0.4, 0.5) is 0 Å². The molecule has 1 rings (SSSR count). The lowest BCUT2D eigenvalue weighted by Gasteiger charge is -1.92. The number of aliphatic imine (C=N–C) groups is 1. The van der Waals surface area contributed by atoms with Gasteiger partial charge in [-0.3, -0.25) is 10.2 Å². The van der Waals surface area contributed by atoms with Crippen molar-refractivity contribution in [1.82, 2.24) is 0 Å². The van der Waals surface area contributed by atoms with Crippen LogP contribution in [-0.4, -0.2) is 17.6 Å². The van der Waals surface area contributed by atoms with E-state index in [-0.39, 0.29) is 22.6 Å². The Kier molecular flexibility index (Phi) is 2.26. The Labute approximate surface area is 78.8 Å². The number of rotatable bonds is 1. The van der Waals surface area contributed by atoms with Crippen molar-refractivity contribution in [3.8, 4) is 12.1 Å². The quantitative estimate of drug-likeness (QED) is 0.417. The molecule has 0 bridgehead atoms. The van der Waals surface area contributed by atoms with Crippen LogP contribution in [0.2, 0.25) is 0 Å². The smallest absolute Gasteiger partial charge is 0.282 e. The Balaban J connectivity index is 3.47. The summed E-state index contributed by atoms with van der Waals surface area (Å²) in [5.41, 5.74) is 4.49. The Bertz CT molecular complexity index is 505. The predicted octanol–water partition coefficient (Wildman–Crippen LogP) is -0.598. The number of nitrogens with zero attached hydrogens (tertiary/aromatic N) is 3. The van der Waals surface area contributed by atoms with Gasteiger partial charge in [-0.1, -0.05) is 0 Å². The lowest BCUT2D eigenvalue weighted by molar-refractivity contribution is -0.113. The van der Waals surface area contributed by atoms with Crippen LogP contribution >= 0.6 is 0 Å². The molecule has 0 fully saturated rings. The number of hydrogen-bond donors (Lipinski definition) is 2. The third-order valence-electron chi connectivity index (χ3n) is 1.54. The van der Waals surface area contributed by atoms with Gasteiger partial charge >= 0.3 is 0 Å². The summed E-state index contributed by atoms with van der Waals surface area (Å²) in [5.74, 6) is 0.747. The van der Waals surface area contributed by atoms with Crippen LogP contribution in [0, 0.1) is 28.1 Å². The van der Waals surface area contributed by atoms with Gasteiger partial charge in [0.1, 0.15) is 29.1 Å². The van der Waals surface area contributed by atoms with Crippen molar-refractivity contribution in [1.29, 1.82) is 15.9 Å². The first-order valence-corrected chi connectivity index (χ1v) is 3.39. The zero-order valence-electron chi connectivity index (χ0n) is 6.83. The number of nitriles is 2. The average Bonchev–Trinajstić information content (AvgIpc) is 2.44. The molecule has 0 saturated carbocycles. The molecule has 0 radical (unpaired) electrons. The van der Waals surface area contributed by atoms with Crippen molar-refractivity contribution >= 4 is 17.6 Å². The van der Waals surface area contributed by atoms with E-state index in [9.17, 15) is 4.79 Å². The molecule has 0 aliphatic carbocycles. The van der Waals surface area contributed by atoms with Crippen molar-refractivity contribution in [3.05, 3.63) is 16.7 Å². The first-order chi connectivity index (χ1) is 6.65. The SMILES string of the molecule is N#CC(=C=N)C1=C(C#N)C(N)=NC1=O. The zero-order valence-corrected chi connectivity index (χ0v) is 6.83. The van der Waals surface area contributed by atoms with Gasteiger partial charge in [-0.05, 0) is 5.87 Å². The molecular weight excluding hydrogens is 182 g/mol. The maximum atomic E-state index is 11.1. The molecule has 0 saturated heterocycles. The summed E-state index contributed by atoms with van der Waals surface area (Å²) < 4.78 is 0. The third-order valence-corrected chi connectivity index (χ3v) is 1.54. The fourth-order valence-electron chi connectivity index (χ4n) is 0.948. The molecule has 3 N–H and O–H groups in total. The number of amidine groups is 1. The van der Waals surface area contributed by atoms with Crippen LogP contribution in [0.1, 0.15) is 0 Å². The maximum absolute atomic E-state index is 11.1. The largest absolute Gasteiger partial charge is 0.382 e. The summed E-state index contributed by atoms with van der Waals surface area (Å²) in [7, 11) is 0. The highest BCUT2D eigenvalue weighted by Gasteiger charge is 2.28. The van der Waals surface area contributed by atoms with Crippen molar-refractivity contribution in [3.63, 3.8) is 0 Å². The molecule has 0 aromatic carbocycles. The van der Waals surface area contributed by atoms with Gasteiger partial charge in [-0.25, -0.2) is 0 Å². The van der Waals surface area contributed by atoms with E-state index in [4.69, 9.17) is 21.7 Å². The number of amides is 1. The minimum atomic E-state index is -0.782. The summed E-state index contributed by atoms with van der Waals surface area (Å²) in [6, 6.07) is 3.22. The van der Waals surface area contributed by atoms with Gasteiger partial charge in [0, 0.05) is 0 Å². The highest BCUT2D eigenvalue weighted by atomic mass is 16.1. The number of nitrogens with one attached hydrogen (secondary N) is 1. The van der Waals surface area contributed by atoms with E-state index >= 15 is 0 Å². The third kappa shape index (κ3) is 1.18. The molecule has 6 nitrogen and oxygen atoms in total. The van der Waals surface area contributed by atoms with Crippen molar-refractivity contribution in [2.45, 2.75) is 0 Å². The molecule has 1 aliphatic heterocycles. The van der Waals surface area contributed by atoms with Crippen LogP contribution in [0.25, 0.3) is 0 Å². The van der Waals surface area contributed by atoms with Crippen LogP contribution in [0.3, 0.4) is 0 Å². The zero-order chi connectivity index (χ0) is 10.7. The summed E-state index contributed by atoms with van der Waals surface area (Å²) in [5, 5.41) is 23.9. The van der Waals surface area contributed by atoms with Gasteiger partial charge < -0.3 is 5.73 Å². The molecule has 6 heteroatoms. The lowest BCUT2D eigenvalue weighted by atomic mass is 10.0. The molecule has 1 amide bonds. The van der Waals surface area contributed by atoms with E-state index in [0.29, 0.717) is 0 Å². The summed E-state index contributed by atoms with van der Waals surface area (Å²) in [6.07, 6.45) is 0. The fourth-order valence-corrected chi connectivity index (χ4v) is 0.948. The van der Waals surface area contributed by atoms with Crippen molar-refractivity contribution < 1.29 is 4.79 Å². The summed E-state index contributed by atoms with van der Waals surface area (Å²) in [6.45, 7) is 0. The molecule has 0 aromatic rings. The fraction of sp³-hybridized carbons (Fsp3) is 0. The molecule has 1 heterocycles. The van der Waals surface area contributed by atoms with Gasteiger partial charge in [0.25, 0.3) is 5.91 Å². The monoisotopic (exact) mass is 185 g/mol. The number of hydrogen-bond acceptors (Lipinski definition) is 5. The predicted molar refractivity (Wildman–Crippen MR) is 46.1 cm³/mol. The van der Waals surface area contributed by atoms with Crippen molar-refractivity contribution in [2.24, 2.45) is 10.7 Å². The second kappa shape index (κ2) is 3.36. The first kappa shape index (κ1) is 9.40. The van der Waals surface area contributed by atoms with E-state index in [1.54, 1.807) is 18.0 Å². The Hall–Kier alpha value is -2.69. The van der Waals surface area contributed by atoms with Gasteiger partial charge in [0.2, 0.25) is 0 Å². The van der Waals surface area contributed by atoms with Gasteiger partial charge in [-0.2, -0.15) is 15.5 Å². The molecular formula is C8H3N5O. The molecule has 0 spiro atoms. The second-order valence-electron chi connectivity index (χ2n) is 2.28. The van der Waals surface area contributed by atoms with E-state index in [1.165, 1.54) is 0 Å². The molecule has 0 aromatic heterocycles. The number of nitrogens with two attached hydrogens (primary N) is 1. The van der Waals surface area contributed by atoms with Gasteiger partial charge in [0.05, 0.1) is 5.57 Å². The molecule has 14 heavy (non-hydrogen) atoms. The van der Waals surface area contributed by atoms with Crippen molar-refractivity contribution in [2.75, 3.05) is 0 Å². The molecule has 0 atom stereocenters. The van der Waals surface area contributed by atoms with Crippen LogP contribution in [-0.2, 0) is 4.79 Å². The topological polar surface area (TPSA) is 127 Å². The van der Waals surface area contributed by atoms with E-state index < -0.39 is 5.91 Å². The lowest BCUT2D eigenvalue weighted by Crippen LogP contribution is -2.11. The molecule has 1 aliphatic rings. The second-order valence-corrected chi connectivity index (χ2v) is 2.28. The van der Waals surface area contributed by atoms with Crippen LogP contribution in [0.5, 0.6) is 0 Å². The summed E-state index contributed by atoms with van der Waals surface area (Å²) in [4.78, 5) is 14.4. The Morgan fingerprint density at radius 3 is 2.57 bits per heavy atom. The molecule has 66 valence electrons. The first-order valence-electron chi connectivity index (χ1n) is 3.39. The van der Waals surface area contributed by atoms with E-state index in [1.807, 2.05) is 0 Å².